The number of nitrogens with zero attached hydrogens (tertiary/aromatic N) is 1. The van der Waals surface area contributed by atoms with Crippen LogP contribution in [0, 0.1) is 0 Å². The lowest BCUT2D eigenvalue weighted by Gasteiger charge is -2.30. The Hall–Kier alpha value is -2.08. The van der Waals surface area contributed by atoms with E-state index in [1.807, 2.05) is 24.4 Å². The minimum Gasteiger partial charge on any atom is -0.361 e. The van der Waals surface area contributed by atoms with Gasteiger partial charge < -0.3 is 15.2 Å². The van der Waals surface area contributed by atoms with Gasteiger partial charge in [0.15, 0.2) is 0 Å². The highest BCUT2D eigenvalue weighted by Crippen LogP contribution is 2.27. The third kappa shape index (κ3) is 2.06. The monoisotopic (exact) mass is 359 g/mol. The van der Waals surface area contributed by atoms with Crippen LogP contribution in [-0.2, 0) is 9.59 Å². The summed E-state index contributed by atoms with van der Waals surface area (Å²) < 4.78 is 0.989. The summed E-state index contributed by atoms with van der Waals surface area (Å²) in [6, 6.07) is 5.63. The zero-order valence-electron chi connectivity index (χ0n) is 11.7. The normalized spacial score (nSPS) is 23.2. The summed E-state index contributed by atoms with van der Waals surface area (Å²) in [4.78, 5) is 29.5. The number of benzene rings is 1. The Morgan fingerprint density at radius 3 is 3.05 bits per heavy atom. The molecule has 2 N–H and O–H groups in total. The SMILES string of the molecule is O=C1N/C(=C/c2c[nH]c3cc(Br)ccc23)C(=O)N2CCCC12. The molecule has 1 aromatic heterocycles. The number of H-pyrrole nitrogens is 1. The number of piperazine rings is 1. The predicted molar refractivity (Wildman–Crippen MR) is 86.9 cm³/mol. The minimum absolute atomic E-state index is 0.0778. The van der Waals surface area contributed by atoms with Crippen molar-refractivity contribution >= 4 is 44.7 Å². The summed E-state index contributed by atoms with van der Waals surface area (Å²) >= 11 is 3.44. The van der Waals surface area contributed by atoms with E-state index >= 15 is 0 Å². The van der Waals surface area contributed by atoms with E-state index in [1.165, 1.54) is 0 Å². The number of carbonyl (C=O) groups excluding carboxylic acids is 2. The lowest BCUT2D eigenvalue weighted by molar-refractivity contribution is -0.140. The van der Waals surface area contributed by atoms with Crippen LogP contribution in [0.25, 0.3) is 17.0 Å². The highest BCUT2D eigenvalue weighted by molar-refractivity contribution is 9.10. The van der Waals surface area contributed by atoms with Crippen molar-refractivity contribution in [2.75, 3.05) is 6.54 Å². The summed E-state index contributed by atoms with van der Waals surface area (Å²) in [7, 11) is 0. The zero-order valence-corrected chi connectivity index (χ0v) is 13.3. The Morgan fingerprint density at radius 2 is 2.18 bits per heavy atom. The molecule has 2 fully saturated rings. The maximum absolute atomic E-state index is 12.5. The number of fused-ring (bicyclic) bond motifs is 2. The molecule has 1 aromatic carbocycles. The van der Waals surface area contributed by atoms with Gasteiger partial charge in [-0.2, -0.15) is 0 Å². The largest absolute Gasteiger partial charge is 0.361 e. The third-order valence-corrected chi connectivity index (χ3v) is 4.77. The number of aromatic nitrogens is 1. The van der Waals surface area contributed by atoms with Crippen LogP contribution in [0.3, 0.4) is 0 Å². The van der Waals surface area contributed by atoms with Crippen LogP contribution in [0.4, 0.5) is 0 Å². The molecule has 112 valence electrons. The molecule has 1 atom stereocenters. The quantitative estimate of drug-likeness (QED) is 0.767. The molecule has 2 aromatic rings. The van der Waals surface area contributed by atoms with Crippen LogP contribution in [0.15, 0.2) is 34.6 Å². The Balaban J connectivity index is 1.74. The second-order valence-electron chi connectivity index (χ2n) is 5.64. The number of carbonyl (C=O) groups is 2. The number of amides is 2. The first-order chi connectivity index (χ1) is 10.6. The molecule has 2 saturated heterocycles. The van der Waals surface area contributed by atoms with Crippen molar-refractivity contribution in [1.29, 1.82) is 0 Å². The fourth-order valence-corrected chi connectivity index (χ4v) is 3.56. The van der Waals surface area contributed by atoms with Gasteiger partial charge in [-0.1, -0.05) is 22.0 Å². The molecular weight excluding hydrogens is 346 g/mol. The van der Waals surface area contributed by atoms with Gasteiger partial charge in [-0.25, -0.2) is 0 Å². The van der Waals surface area contributed by atoms with Gasteiger partial charge >= 0.3 is 0 Å². The number of halogens is 1. The number of hydrogen-bond acceptors (Lipinski definition) is 2. The van der Waals surface area contributed by atoms with E-state index in [-0.39, 0.29) is 17.9 Å². The van der Waals surface area contributed by atoms with Gasteiger partial charge in [0, 0.05) is 33.7 Å². The molecular formula is C16H14BrN3O2. The van der Waals surface area contributed by atoms with Crippen molar-refractivity contribution in [3.63, 3.8) is 0 Å². The van der Waals surface area contributed by atoms with Gasteiger partial charge in [-0.15, -0.1) is 0 Å². The van der Waals surface area contributed by atoms with E-state index in [9.17, 15) is 9.59 Å². The molecule has 0 radical (unpaired) electrons. The molecule has 2 aliphatic rings. The Kier molecular flexibility index (Phi) is 3.07. The summed E-state index contributed by atoms with van der Waals surface area (Å²) in [6.07, 6.45) is 5.24. The first-order valence-corrected chi connectivity index (χ1v) is 8.03. The zero-order chi connectivity index (χ0) is 15.3. The van der Waals surface area contributed by atoms with E-state index < -0.39 is 0 Å². The first kappa shape index (κ1) is 13.6. The summed E-state index contributed by atoms with van der Waals surface area (Å²) in [6.45, 7) is 0.662. The van der Waals surface area contributed by atoms with Crippen LogP contribution in [0.1, 0.15) is 18.4 Å². The van der Waals surface area contributed by atoms with Gasteiger partial charge in [-0.3, -0.25) is 9.59 Å². The van der Waals surface area contributed by atoms with E-state index in [0.717, 1.165) is 33.8 Å². The number of aromatic amines is 1. The maximum atomic E-state index is 12.5. The van der Waals surface area contributed by atoms with Crippen LogP contribution in [-0.4, -0.2) is 34.3 Å². The average molecular weight is 360 g/mol. The summed E-state index contributed by atoms with van der Waals surface area (Å²) in [5.41, 5.74) is 2.23. The molecule has 1 unspecified atom stereocenters. The number of hydrogen-bond donors (Lipinski definition) is 2. The van der Waals surface area contributed by atoms with Gasteiger partial charge in [-0.05, 0) is 31.1 Å². The minimum atomic E-state index is -0.288. The van der Waals surface area contributed by atoms with Crippen LogP contribution >= 0.6 is 15.9 Å². The fraction of sp³-hybridized carbons (Fsp3) is 0.250. The standard InChI is InChI=1S/C16H14BrN3O2/c17-10-3-4-11-9(8-18-12(11)7-10)6-13-16(22)20-5-1-2-14(20)15(21)19-13/h3-4,6-8,14,18H,1-2,5H2,(H,19,21)/b13-6+. The predicted octanol–water partition coefficient (Wildman–Crippen LogP) is 2.39. The van der Waals surface area contributed by atoms with Crippen LogP contribution in [0.5, 0.6) is 0 Å². The second kappa shape index (κ2) is 4.98. The summed E-state index contributed by atoms with van der Waals surface area (Å²) in [5.74, 6) is -0.167. The fourth-order valence-electron chi connectivity index (χ4n) is 3.20. The van der Waals surface area contributed by atoms with E-state index in [1.54, 1.807) is 11.0 Å². The highest BCUT2D eigenvalue weighted by atomic mass is 79.9. The lowest BCUT2D eigenvalue weighted by Crippen LogP contribution is -2.53. The lowest BCUT2D eigenvalue weighted by atomic mass is 10.1. The van der Waals surface area contributed by atoms with Crippen molar-refractivity contribution in [1.82, 2.24) is 15.2 Å². The molecule has 2 amide bonds. The topological polar surface area (TPSA) is 65.2 Å². The average Bonchev–Trinajstić information content (AvgIpc) is 3.12. The molecule has 0 bridgehead atoms. The maximum Gasteiger partial charge on any atom is 0.271 e. The molecule has 6 heteroatoms. The molecule has 2 aliphatic heterocycles. The molecule has 5 nitrogen and oxygen atoms in total. The molecule has 3 heterocycles. The second-order valence-corrected chi connectivity index (χ2v) is 6.55. The Morgan fingerprint density at radius 1 is 1.32 bits per heavy atom. The van der Waals surface area contributed by atoms with Crippen molar-refractivity contribution in [3.8, 4) is 0 Å². The van der Waals surface area contributed by atoms with E-state index in [0.29, 0.717) is 12.2 Å². The summed E-state index contributed by atoms with van der Waals surface area (Å²) in [5, 5.41) is 3.77. The van der Waals surface area contributed by atoms with Gasteiger partial charge in [0.2, 0.25) is 5.91 Å². The van der Waals surface area contributed by atoms with E-state index in [4.69, 9.17) is 0 Å². The van der Waals surface area contributed by atoms with Gasteiger partial charge in [0.25, 0.3) is 5.91 Å². The van der Waals surface area contributed by atoms with E-state index in [2.05, 4.69) is 26.2 Å². The number of nitrogens with one attached hydrogen (secondary N) is 2. The van der Waals surface area contributed by atoms with Crippen LogP contribution < -0.4 is 5.32 Å². The molecule has 0 aliphatic carbocycles. The van der Waals surface area contributed by atoms with Gasteiger partial charge in [0.1, 0.15) is 11.7 Å². The number of rotatable bonds is 1. The Bertz CT molecular complexity index is 824. The third-order valence-electron chi connectivity index (χ3n) is 4.28. The van der Waals surface area contributed by atoms with Gasteiger partial charge in [0.05, 0.1) is 0 Å². The molecule has 0 saturated carbocycles. The smallest absolute Gasteiger partial charge is 0.271 e. The highest BCUT2D eigenvalue weighted by Gasteiger charge is 2.40. The Labute approximate surface area is 135 Å². The van der Waals surface area contributed by atoms with Crippen molar-refractivity contribution < 1.29 is 9.59 Å². The van der Waals surface area contributed by atoms with Crippen molar-refractivity contribution in [2.24, 2.45) is 0 Å². The van der Waals surface area contributed by atoms with Crippen LogP contribution in [0.2, 0.25) is 0 Å². The molecule has 4 rings (SSSR count). The van der Waals surface area contributed by atoms with Crippen molar-refractivity contribution in [2.45, 2.75) is 18.9 Å². The van der Waals surface area contributed by atoms with Crippen molar-refractivity contribution in [3.05, 3.63) is 40.1 Å². The first-order valence-electron chi connectivity index (χ1n) is 7.23. The molecule has 22 heavy (non-hydrogen) atoms. The molecule has 0 spiro atoms.